The minimum atomic E-state index is -0.439. The number of amides is 1. The van der Waals surface area contributed by atoms with Gasteiger partial charge in [0.25, 0.3) is 11.5 Å². The highest BCUT2D eigenvalue weighted by Crippen LogP contribution is 2.31. The summed E-state index contributed by atoms with van der Waals surface area (Å²) in [6, 6.07) is 18.9. The molecule has 6 heteroatoms. The normalized spacial score (nSPS) is 10.6. The van der Waals surface area contributed by atoms with Crippen LogP contribution in [0.1, 0.15) is 17.3 Å². The first-order valence-electron chi connectivity index (χ1n) is 8.91. The highest BCUT2D eigenvalue weighted by Gasteiger charge is 2.24. The molecule has 2 aromatic carbocycles. The molecule has 3 N–H and O–H groups in total. The van der Waals surface area contributed by atoms with Crippen LogP contribution >= 0.6 is 0 Å². The van der Waals surface area contributed by atoms with Gasteiger partial charge >= 0.3 is 0 Å². The van der Waals surface area contributed by atoms with E-state index in [1.165, 1.54) is 4.68 Å². The molecule has 0 saturated carbocycles. The van der Waals surface area contributed by atoms with E-state index in [0.717, 1.165) is 11.1 Å². The molecule has 3 rings (SSSR count). The van der Waals surface area contributed by atoms with Gasteiger partial charge in [0, 0.05) is 30.8 Å². The number of hydrogen-bond acceptors (Lipinski definition) is 4. The van der Waals surface area contributed by atoms with Gasteiger partial charge in [0.2, 0.25) is 0 Å². The predicted octanol–water partition coefficient (Wildman–Crippen LogP) is 2.29. The minimum absolute atomic E-state index is 0.0883. The SMILES string of the molecule is CCn1nc(-c2ccccc2)c(-c2ccccc2)c(C(=O)NCCN)c1=O. The molecular weight excluding hydrogens is 340 g/mol. The Hall–Kier alpha value is -3.25. The third-order valence-corrected chi connectivity index (χ3v) is 4.22. The largest absolute Gasteiger partial charge is 0.351 e. The van der Waals surface area contributed by atoms with Crippen LogP contribution in [0.2, 0.25) is 0 Å². The molecule has 1 amide bonds. The molecule has 0 atom stereocenters. The van der Waals surface area contributed by atoms with Crippen LogP contribution in [0.15, 0.2) is 65.5 Å². The maximum Gasteiger partial charge on any atom is 0.280 e. The molecule has 0 fully saturated rings. The fraction of sp³-hybridized carbons (Fsp3) is 0.190. The molecule has 1 aromatic heterocycles. The fourth-order valence-electron chi connectivity index (χ4n) is 2.95. The summed E-state index contributed by atoms with van der Waals surface area (Å²) in [6.07, 6.45) is 0. The molecule has 138 valence electrons. The van der Waals surface area contributed by atoms with Crippen LogP contribution in [0.3, 0.4) is 0 Å². The third kappa shape index (κ3) is 3.80. The summed E-state index contributed by atoms with van der Waals surface area (Å²) < 4.78 is 1.33. The second-order valence-corrected chi connectivity index (χ2v) is 6.00. The number of hydrogen-bond donors (Lipinski definition) is 2. The zero-order valence-electron chi connectivity index (χ0n) is 15.2. The quantitative estimate of drug-likeness (QED) is 0.704. The van der Waals surface area contributed by atoms with Gasteiger partial charge in [0.1, 0.15) is 5.56 Å². The van der Waals surface area contributed by atoms with Crippen molar-refractivity contribution in [3.05, 3.63) is 76.6 Å². The molecular formula is C21H22N4O2. The summed E-state index contributed by atoms with van der Waals surface area (Å²) in [5.41, 5.74) is 7.92. The van der Waals surface area contributed by atoms with Crippen LogP contribution < -0.4 is 16.6 Å². The first-order valence-corrected chi connectivity index (χ1v) is 8.91. The van der Waals surface area contributed by atoms with Crippen molar-refractivity contribution in [2.24, 2.45) is 5.73 Å². The van der Waals surface area contributed by atoms with E-state index in [0.29, 0.717) is 30.9 Å². The number of aromatic nitrogens is 2. The van der Waals surface area contributed by atoms with E-state index in [1.54, 1.807) is 0 Å². The highest BCUT2D eigenvalue weighted by molar-refractivity contribution is 6.03. The van der Waals surface area contributed by atoms with Crippen LogP contribution in [0, 0.1) is 0 Å². The second kappa shape index (κ2) is 8.42. The van der Waals surface area contributed by atoms with E-state index in [1.807, 2.05) is 67.6 Å². The van der Waals surface area contributed by atoms with Crippen molar-refractivity contribution in [2.75, 3.05) is 13.1 Å². The topological polar surface area (TPSA) is 90.0 Å². The second-order valence-electron chi connectivity index (χ2n) is 6.00. The van der Waals surface area contributed by atoms with Crippen molar-refractivity contribution < 1.29 is 4.79 Å². The van der Waals surface area contributed by atoms with Crippen LogP contribution in [0.25, 0.3) is 22.4 Å². The molecule has 0 radical (unpaired) electrons. The van der Waals surface area contributed by atoms with Crippen molar-refractivity contribution in [3.8, 4) is 22.4 Å². The lowest BCUT2D eigenvalue weighted by Gasteiger charge is -2.16. The first-order chi connectivity index (χ1) is 13.2. The zero-order chi connectivity index (χ0) is 19.2. The van der Waals surface area contributed by atoms with Gasteiger partial charge in [-0.3, -0.25) is 9.59 Å². The number of rotatable bonds is 6. The number of nitrogens with one attached hydrogen (secondary N) is 1. The van der Waals surface area contributed by atoms with Gasteiger partial charge in [-0.15, -0.1) is 0 Å². The van der Waals surface area contributed by atoms with Crippen LogP contribution in [0.4, 0.5) is 0 Å². The summed E-state index contributed by atoms with van der Waals surface area (Å²) in [5.74, 6) is -0.439. The lowest BCUT2D eigenvalue weighted by Crippen LogP contribution is -2.37. The van der Waals surface area contributed by atoms with Crippen molar-refractivity contribution in [1.29, 1.82) is 0 Å². The molecule has 27 heavy (non-hydrogen) atoms. The summed E-state index contributed by atoms with van der Waals surface area (Å²) in [7, 11) is 0. The number of nitrogens with zero attached hydrogens (tertiary/aromatic N) is 2. The lowest BCUT2D eigenvalue weighted by molar-refractivity contribution is 0.0953. The highest BCUT2D eigenvalue weighted by atomic mass is 16.2. The monoisotopic (exact) mass is 362 g/mol. The van der Waals surface area contributed by atoms with E-state index in [4.69, 9.17) is 5.73 Å². The molecule has 6 nitrogen and oxygen atoms in total. The van der Waals surface area contributed by atoms with Gasteiger partial charge in [0.15, 0.2) is 0 Å². The van der Waals surface area contributed by atoms with Crippen LogP contribution in [-0.4, -0.2) is 28.8 Å². The van der Waals surface area contributed by atoms with Gasteiger partial charge in [0.05, 0.1) is 5.69 Å². The Morgan fingerprint density at radius 1 is 1.04 bits per heavy atom. The Bertz CT molecular complexity index is 982. The first kappa shape index (κ1) is 18.5. The average Bonchev–Trinajstić information content (AvgIpc) is 2.72. The Labute approximate surface area is 157 Å². The third-order valence-electron chi connectivity index (χ3n) is 4.22. The van der Waals surface area contributed by atoms with Crippen LogP contribution in [0.5, 0.6) is 0 Å². The summed E-state index contributed by atoms with van der Waals surface area (Å²) in [5, 5.41) is 7.28. The maximum absolute atomic E-state index is 13.0. The lowest BCUT2D eigenvalue weighted by atomic mass is 9.95. The average molecular weight is 362 g/mol. The van der Waals surface area contributed by atoms with Crippen LogP contribution in [-0.2, 0) is 6.54 Å². The van der Waals surface area contributed by atoms with E-state index in [9.17, 15) is 9.59 Å². The molecule has 0 aliphatic rings. The summed E-state index contributed by atoms with van der Waals surface area (Å²) in [4.78, 5) is 25.9. The van der Waals surface area contributed by atoms with Crippen molar-refractivity contribution >= 4 is 5.91 Å². The van der Waals surface area contributed by atoms with E-state index in [-0.39, 0.29) is 5.56 Å². The standard InChI is InChI=1S/C21H22N4O2/c1-2-25-21(27)18(20(26)23-14-13-22)17(15-9-5-3-6-10-15)19(24-25)16-11-7-4-8-12-16/h3-12H,2,13-14,22H2,1H3,(H,23,26). The van der Waals surface area contributed by atoms with Gasteiger partial charge in [-0.25, -0.2) is 4.68 Å². The smallest absolute Gasteiger partial charge is 0.280 e. The molecule has 3 aromatic rings. The Morgan fingerprint density at radius 3 is 2.19 bits per heavy atom. The fourth-order valence-corrected chi connectivity index (χ4v) is 2.95. The number of carbonyl (C=O) groups excluding carboxylic acids is 1. The Balaban J connectivity index is 2.36. The summed E-state index contributed by atoms with van der Waals surface area (Å²) in [6.45, 7) is 2.78. The molecule has 0 unspecified atom stereocenters. The molecule has 0 aliphatic heterocycles. The maximum atomic E-state index is 13.0. The predicted molar refractivity (Wildman–Crippen MR) is 106 cm³/mol. The Kier molecular flexibility index (Phi) is 5.78. The Morgan fingerprint density at radius 2 is 1.63 bits per heavy atom. The molecule has 0 aliphatic carbocycles. The number of carbonyl (C=O) groups is 1. The van der Waals surface area contributed by atoms with Gasteiger partial charge < -0.3 is 11.1 Å². The molecule has 1 heterocycles. The van der Waals surface area contributed by atoms with E-state index in [2.05, 4.69) is 10.4 Å². The number of nitrogens with two attached hydrogens (primary N) is 1. The van der Waals surface area contributed by atoms with Gasteiger partial charge in [-0.2, -0.15) is 5.10 Å². The molecule has 0 saturated heterocycles. The van der Waals surface area contributed by atoms with Gasteiger partial charge in [-0.05, 0) is 12.5 Å². The van der Waals surface area contributed by atoms with E-state index < -0.39 is 11.5 Å². The zero-order valence-corrected chi connectivity index (χ0v) is 15.2. The van der Waals surface area contributed by atoms with Crippen molar-refractivity contribution in [3.63, 3.8) is 0 Å². The van der Waals surface area contributed by atoms with Crippen molar-refractivity contribution in [2.45, 2.75) is 13.5 Å². The molecule has 0 bridgehead atoms. The number of aryl methyl sites for hydroxylation is 1. The van der Waals surface area contributed by atoms with E-state index >= 15 is 0 Å². The number of benzene rings is 2. The summed E-state index contributed by atoms with van der Waals surface area (Å²) >= 11 is 0. The van der Waals surface area contributed by atoms with Gasteiger partial charge in [-0.1, -0.05) is 60.7 Å². The molecule has 0 spiro atoms. The van der Waals surface area contributed by atoms with Crippen molar-refractivity contribution in [1.82, 2.24) is 15.1 Å². The minimum Gasteiger partial charge on any atom is -0.351 e.